The van der Waals surface area contributed by atoms with E-state index >= 15 is 0 Å². The molecule has 1 amide bonds. The van der Waals surface area contributed by atoms with E-state index in [4.69, 9.17) is 16.0 Å². The van der Waals surface area contributed by atoms with Gasteiger partial charge in [-0.1, -0.05) is 23.7 Å². The van der Waals surface area contributed by atoms with E-state index in [0.717, 1.165) is 43.9 Å². The summed E-state index contributed by atoms with van der Waals surface area (Å²) >= 11 is 5.96. The lowest BCUT2D eigenvalue weighted by Gasteiger charge is -2.21. The van der Waals surface area contributed by atoms with Crippen LogP contribution in [0.1, 0.15) is 41.1 Å². The SMILES string of the molecule is Cc1oc(C(=O)N2CCCN(Cc3ccc(Cl)cc3)CC2)cc1S(=O)(=O)N1CCCC1. The Balaban J connectivity index is 1.42. The molecule has 3 heterocycles. The van der Waals surface area contributed by atoms with Crippen molar-refractivity contribution in [3.8, 4) is 0 Å². The van der Waals surface area contributed by atoms with Crippen LogP contribution >= 0.6 is 11.6 Å². The molecule has 2 aliphatic rings. The van der Waals surface area contributed by atoms with E-state index in [-0.39, 0.29) is 22.3 Å². The summed E-state index contributed by atoms with van der Waals surface area (Å²) < 4.78 is 32.9. The summed E-state index contributed by atoms with van der Waals surface area (Å²) in [7, 11) is -3.62. The van der Waals surface area contributed by atoms with Gasteiger partial charge in [0.15, 0.2) is 5.76 Å². The minimum atomic E-state index is -3.62. The second kappa shape index (κ2) is 9.32. The zero-order valence-corrected chi connectivity index (χ0v) is 19.3. The molecule has 0 unspecified atom stereocenters. The average molecular weight is 466 g/mol. The first-order valence-corrected chi connectivity index (χ1v) is 12.5. The largest absolute Gasteiger partial charge is 0.455 e. The van der Waals surface area contributed by atoms with Crippen LogP contribution in [0, 0.1) is 6.92 Å². The molecule has 1 aromatic heterocycles. The molecule has 0 bridgehead atoms. The number of furan rings is 1. The molecular weight excluding hydrogens is 438 g/mol. The van der Waals surface area contributed by atoms with Gasteiger partial charge in [0.25, 0.3) is 5.91 Å². The first-order chi connectivity index (χ1) is 14.8. The Hall–Kier alpha value is -1.87. The average Bonchev–Trinajstić information content (AvgIpc) is 3.36. The number of amides is 1. The Morgan fingerprint density at radius 2 is 1.71 bits per heavy atom. The molecule has 4 rings (SSSR count). The van der Waals surface area contributed by atoms with Gasteiger partial charge in [0, 0.05) is 56.9 Å². The number of carbonyl (C=O) groups excluding carboxylic acids is 1. The van der Waals surface area contributed by atoms with Crippen molar-refractivity contribution in [2.45, 2.75) is 37.6 Å². The van der Waals surface area contributed by atoms with Gasteiger partial charge in [-0.3, -0.25) is 9.69 Å². The maximum atomic E-state index is 13.1. The first kappa shape index (κ1) is 22.3. The summed E-state index contributed by atoms with van der Waals surface area (Å²) in [6.07, 6.45) is 2.57. The van der Waals surface area contributed by atoms with Crippen LogP contribution in [-0.4, -0.2) is 67.7 Å². The van der Waals surface area contributed by atoms with Gasteiger partial charge in [-0.15, -0.1) is 0 Å². The molecule has 2 aromatic rings. The van der Waals surface area contributed by atoms with E-state index in [9.17, 15) is 13.2 Å². The Kier molecular flexibility index (Phi) is 6.71. The normalized spacial score (nSPS) is 19.0. The zero-order valence-electron chi connectivity index (χ0n) is 17.7. The van der Waals surface area contributed by atoms with Gasteiger partial charge in [0.05, 0.1) is 0 Å². The minimum absolute atomic E-state index is 0.0985. The Morgan fingerprint density at radius 3 is 2.42 bits per heavy atom. The molecule has 0 saturated carbocycles. The van der Waals surface area contributed by atoms with Gasteiger partial charge >= 0.3 is 0 Å². The van der Waals surface area contributed by atoms with Crippen LogP contribution in [0.25, 0.3) is 0 Å². The lowest BCUT2D eigenvalue weighted by molar-refractivity contribution is 0.0728. The molecule has 1 aromatic carbocycles. The van der Waals surface area contributed by atoms with Crippen molar-refractivity contribution in [2.24, 2.45) is 0 Å². The molecule has 31 heavy (non-hydrogen) atoms. The molecule has 2 fully saturated rings. The molecule has 2 aliphatic heterocycles. The van der Waals surface area contributed by atoms with E-state index in [0.29, 0.717) is 26.2 Å². The third-order valence-electron chi connectivity index (χ3n) is 5.96. The highest BCUT2D eigenvalue weighted by molar-refractivity contribution is 7.89. The molecule has 0 atom stereocenters. The highest BCUT2D eigenvalue weighted by Crippen LogP contribution is 2.27. The van der Waals surface area contributed by atoms with Gasteiger partial charge in [0.2, 0.25) is 10.0 Å². The highest BCUT2D eigenvalue weighted by Gasteiger charge is 2.32. The van der Waals surface area contributed by atoms with Crippen LogP contribution < -0.4 is 0 Å². The molecule has 7 nitrogen and oxygen atoms in total. The second-order valence-electron chi connectivity index (χ2n) is 8.19. The minimum Gasteiger partial charge on any atom is -0.455 e. The number of carbonyl (C=O) groups is 1. The van der Waals surface area contributed by atoms with Crippen molar-refractivity contribution in [3.63, 3.8) is 0 Å². The number of nitrogens with zero attached hydrogens (tertiary/aromatic N) is 3. The summed E-state index contributed by atoms with van der Waals surface area (Å²) in [5, 5.41) is 0.719. The fourth-order valence-electron chi connectivity index (χ4n) is 4.23. The summed E-state index contributed by atoms with van der Waals surface area (Å²) in [4.78, 5) is 17.2. The summed E-state index contributed by atoms with van der Waals surface area (Å²) in [5.41, 5.74) is 1.18. The summed E-state index contributed by atoms with van der Waals surface area (Å²) in [6.45, 7) is 6.26. The number of sulfonamides is 1. The lowest BCUT2D eigenvalue weighted by atomic mass is 10.2. The monoisotopic (exact) mass is 465 g/mol. The third kappa shape index (κ3) is 4.98. The van der Waals surface area contributed by atoms with Gasteiger partial charge in [-0.2, -0.15) is 4.31 Å². The topological polar surface area (TPSA) is 74.1 Å². The van der Waals surface area contributed by atoms with E-state index < -0.39 is 10.0 Å². The lowest BCUT2D eigenvalue weighted by Crippen LogP contribution is -2.35. The van der Waals surface area contributed by atoms with Crippen LogP contribution in [0.3, 0.4) is 0 Å². The fraction of sp³-hybridized carbons (Fsp3) is 0.500. The molecule has 9 heteroatoms. The van der Waals surface area contributed by atoms with Crippen molar-refractivity contribution in [1.29, 1.82) is 0 Å². The Labute approximate surface area is 188 Å². The van der Waals surface area contributed by atoms with Crippen molar-refractivity contribution in [1.82, 2.24) is 14.1 Å². The van der Waals surface area contributed by atoms with Crippen molar-refractivity contribution >= 4 is 27.5 Å². The second-order valence-corrected chi connectivity index (χ2v) is 10.5. The Bertz CT molecular complexity index is 1030. The maximum absolute atomic E-state index is 13.1. The van der Waals surface area contributed by atoms with Gasteiger partial charge in [-0.25, -0.2) is 8.42 Å². The summed E-state index contributed by atoms with van der Waals surface area (Å²) in [6, 6.07) is 9.21. The number of halogens is 1. The number of hydrogen-bond donors (Lipinski definition) is 0. The smallest absolute Gasteiger partial charge is 0.289 e. The Morgan fingerprint density at radius 1 is 1.00 bits per heavy atom. The van der Waals surface area contributed by atoms with Gasteiger partial charge in [0.1, 0.15) is 10.7 Å². The van der Waals surface area contributed by atoms with E-state index in [1.54, 1.807) is 11.8 Å². The van der Waals surface area contributed by atoms with Crippen LogP contribution in [0.2, 0.25) is 5.02 Å². The van der Waals surface area contributed by atoms with Crippen LogP contribution in [0.5, 0.6) is 0 Å². The number of rotatable bonds is 5. The molecule has 0 N–H and O–H groups in total. The van der Waals surface area contributed by atoms with Crippen molar-refractivity contribution < 1.29 is 17.6 Å². The predicted octanol–water partition coefficient (Wildman–Crippen LogP) is 3.37. The van der Waals surface area contributed by atoms with Gasteiger partial charge < -0.3 is 9.32 Å². The molecule has 0 aliphatic carbocycles. The van der Waals surface area contributed by atoms with Crippen LogP contribution in [-0.2, 0) is 16.6 Å². The van der Waals surface area contributed by atoms with E-state index in [2.05, 4.69) is 4.90 Å². The highest BCUT2D eigenvalue weighted by atomic mass is 35.5. The molecule has 2 saturated heterocycles. The molecule has 0 spiro atoms. The predicted molar refractivity (Wildman–Crippen MR) is 119 cm³/mol. The maximum Gasteiger partial charge on any atom is 0.289 e. The molecule has 168 valence electrons. The zero-order chi connectivity index (χ0) is 22.0. The van der Waals surface area contributed by atoms with Crippen molar-refractivity contribution in [3.05, 3.63) is 52.4 Å². The third-order valence-corrected chi connectivity index (χ3v) is 8.22. The quantitative estimate of drug-likeness (QED) is 0.676. The van der Waals surface area contributed by atoms with Crippen LogP contribution in [0.4, 0.5) is 0 Å². The van der Waals surface area contributed by atoms with E-state index in [1.807, 2.05) is 24.3 Å². The standard InChI is InChI=1S/C22H28ClN3O4S/c1-17-21(31(28,29)26-11-2-3-12-26)15-20(30-17)22(27)25-10-4-9-24(13-14-25)16-18-5-7-19(23)8-6-18/h5-8,15H,2-4,9-14,16H2,1H3. The molecule has 0 radical (unpaired) electrons. The summed E-state index contributed by atoms with van der Waals surface area (Å²) in [5.74, 6) is 0.121. The first-order valence-electron chi connectivity index (χ1n) is 10.7. The van der Waals surface area contributed by atoms with E-state index in [1.165, 1.54) is 15.9 Å². The molecular formula is C22H28ClN3O4S. The van der Waals surface area contributed by atoms with Crippen molar-refractivity contribution in [2.75, 3.05) is 39.3 Å². The number of hydrogen-bond acceptors (Lipinski definition) is 5. The van der Waals surface area contributed by atoms with Crippen LogP contribution in [0.15, 0.2) is 39.6 Å². The fourth-order valence-corrected chi connectivity index (χ4v) is 6.03. The van der Waals surface area contributed by atoms with Gasteiger partial charge in [-0.05, 0) is 43.9 Å². The number of aryl methyl sites for hydroxylation is 1. The number of benzene rings is 1.